The lowest BCUT2D eigenvalue weighted by Gasteiger charge is -2.48. The van der Waals surface area contributed by atoms with Crippen molar-refractivity contribution >= 4 is 17.6 Å². The number of hydrogen-bond donors (Lipinski definition) is 2. The standard InChI is InChI=1S/C21H27N5O3/c1-13-17-12-25(20(28)29-21(2,3)4)9-10-26(17)16-11-15(23-24-19(16)22-13)14-7-5-6-8-18(14)27/h5-8,11,13,17,27H,9-10,12H2,1-4H3,(H,22,24)/t13-,17-/m1/s1. The van der Waals surface area contributed by atoms with Crippen molar-refractivity contribution in [2.45, 2.75) is 45.4 Å². The van der Waals surface area contributed by atoms with Gasteiger partial charge in [-0.05, 0) is 45.9 Å². The number of rotatable bonds is 1. The van der Waals surface area contributed by atoms with Crippen molar-refractivity contribution in [3.63, 3.8) is 0 Å². The molecule has 8 nitrogen and oxygen atoms in total. The van der Waals surface area contributed by atoms with E-state index in [0.29, 0.717) is 30.9 Å². The van der Waals surface area contributed by atoms with Crippen LogP contribution in [0.2, 0.25) is 0 Å². The van der Waals surface area contributed by atoms with Crippen LogP contribution in [0, 0.1) is 0 Å². The summed E-state index contributed by atoms with van der Waals surface area (Å²) in [6.07, 6.45) is -0.280. The van der Waals surface area contributed by atoms with Crippen LogP contribution in [0.25, 0.3) is 11.3 Å². The fraction of sp³-hybridized carbons (Fsp3) is 0.476. The van der Waals surface area contributed by atoms with Crippen LogP contribution in [-0.4, -0.2) is 63.6 Å². The Morgan fingerprint density at radius 2 is 2.00 bits per heavy atom. The summed E-state index contributed by atoms with van der Waals surface area (Å²) in [6.45, 7) is 9.53. The van der Waals surface area contributed by atoms with Crippen molar-refractivity contribution in [3.05, 3.63) is 30.3 Å². The summed E-state index contributed by atoms with van der Waals surface area (Å²) in [5.41, 5.74) is 1.68. The molecule has 1 saturated heterocycles. The van der Waals surface area contributed by atoms with E-state index < -0.39 is 5.60 Å². The van der Waals surface area contributed by atoms with E-state index in [1.165, 1.54) is 0 Å². The number of phenolic OH excluding ortho intramolecular Hbond substituents is 1. The van der Waals surface area contributed by atoms with Crippen LogP contribution >= 0.6 is 0 Å². The fourth-order valence-electron chi connectivity index (χ4n) is 3.87. The Kier molecular flexibility index (Phi) is 4.72. The number of para-hydroxylation sites is 1. The Morgan fingerprint density at radius 1 is 1.24 bits per heavy atom. The van der Waals surface area contributed by atoms with E-state index in [1.54, 1.807) is 17.0 Å². The Labute approximate surface area is 170 Å². The molecule has 8 heteroatoms. The predicted octanol–water partition coefficient (Wildman–Crippen LogP) is 3.09. The average molecular weight is 397 g/mol. The minimum Gasteiger partial charge on any atom is -0.507 e. The van der Waals surface area contributed by atoms with Gasteiger partial charge in [-0.1, -0.05) is 12.1 Å². The van der Waals surface area contributed by atoms with Crippen LogP contribution < -0.4 is 10.2 Å². The Balaban J connectivity index is 1.60. The molecule has 2 aliphatic rings. The summed E-state index contributed by atoms with van der Waals surface area (Å²) in [6, 6.07) is 9.23. The molecule has 0 bridgehead atoms. The Hall–Kier alpha value is -3.03. The maximum absolute atomic E-state index is 12.5. The second-order valence-corrected chi connectivity index (χ2v) is 8.60. The van der Waals surface area contributed by atoms with Gasteiger partial charge in [0.1, 0.15) is 11.4 Å². The van der Waals surface area contributed by atoms with Gasteiger partial charge in [-0.2, -0.15) is 0 Å². The topological polar surface area (TPSA) is 90.8 Å². The van der Waals surface area contributed by atoms with Crippen molar-refractivity contribution < 1.29 is 14.6 Å². The van der Waals surface area contributed by atoms with Crippen LogP contribution in [0.1, 0.15) is 27.7 Å². The van der Waals surface area contributed by atoms with E-state index in [1.807, 2.05) is 39.0 Å². The molecule has 1 amide bonds. The number of anilines is 2. The molecule has 1 fully saturated rings. The molecule has 1 aromatic heterocycles. The summed E-state index contributed by atoms with van der Waals surface area (Å²) in [4.78, 5) is 16.6. The first-order valence-corrected chi connectivity index (χ1v) is 9.90. The van der Waals surface area contributed by atoms with E-state index in [2.05, 4.69) is 27.3 Å². The molecule has 29 heavy (non-hydrogen) atoms. The fourth-order valence-corrected chi connectivity index (χ4v) is 3.87. The van der Waals surface area contributed by atoms with Crippen LogP contribution in [0.4, 0.5) is 16.3 Å². The molecule has 0 aliphatic carbocycles. The molecule has 3 heterocycles. The summed E-state index contributed by atoms with van der Waals surface area (Å²) >= 11 is 0. The highest BCUT2D eigenvalue weighted by Crippen LogP contribution is 2.37. The van der Waals surface area contributed by atoms with Crippen LogP contribution in [0.5, 0.6) is 5.75 Å². The van der Waals surface area contributed by atoms with E-state index in [0.717, 1.165) is 11.5 Å². The number of hydrogen-bond acceptors (Lipinski definition) is 7. The molecule has 2 N–H and O–H groups in total. The van der Waals surface area contributed by atoms with E-state index in [9.17, 15) is 9.90 Å². The SMILES string of the molecule is C[C@H]1Nc2nnc(-c3ccccc3O)cc2N2CCN(C(=O)OC(C)(C)C)C[C@H]12. The predicted molar refractivity (Wildman–Crippen MR) is 111 cm³/mol. The lowest BCUT2D eigenvalue weighted by atomic mass is 10.00. The van der Waals surface area contributed by atoms with Crippen molar-refractivity contribution in [2.75, 3.05) is 29.9 Å². The van der Waals surface area contributed by atoms with Gasteiger partial charge in [0.25, 0.3) is 0 Å². The number of aromatic hydroxyl groups is 1. The number of phenols is 1. The minimum atomic E-state index is -0.514. The molecule has 2 aromatic rings. The first-order chi connectivity index (χ1) is 13.7. The monoisotopic (exact) mass is 397 g/mol. The second kappa shape index (κ2) is 7.09. The van der Waals surface area contributed by atoms with Gasteiger partial charge in [-0.25, -0.2) is 4.79 Å². The average Bonchev–Trinajstić information content (AvgIpc) is 2.67. The van der Waals surface area contributed by atoms with Crippen molar-refractivity contribution in [1.82, 2.24) is 15.1 Å². The highest BCUT2D eigenvalue weighted by atomic mass is 16.6. The van der Waals surface area contributed by atoms with Gasteiger partial charge in [0.15, 0.2) is 5.82 Å². The molecule has 0 radical (unpaired) electrons. The zero-order valence-electron chi connectivity index (χ0n) is 17.2. The molecule has 1 aromatic carbocycles. The molecule has 0 saturated carbocycles. The quantitative estimate of drug-likeness (QED) is 0.764. The summed E-state index contributed by atoms with van der Waals surface area (Å²) in [5.74, 6) is 0.892. The summed E-state index contributed by atoms with van der Waals surface area (Å²) < 4.78 is 5.55. The van der Waals surface area contributed by atoms with Crippen LogP contribution in [-0.2, 0) is 4.74 Å². The first-order valence-electron chi connectivity index (χ1n) is 9.90. The number of carbonyl (C=O) groups excluding carboxylic acids is 1. The molecule has 154 valence electrons. The van der Waals surface area contributed by atoms with E-state index >= 15 is 0 Å². The Morgan fingerprint density at radius 3 is 2.72 bits per heavy atom. The normalized spacial score (nSPS) is 21.1. The van der Waals surface area contributed by atoms with Crippen molar-refractivity contribution in [3.8, 4) is 17.0 Å². The van der Waals surface area contributed by atoms with Gasteiger partial charge >= 0.3 is 6.09 Å². The number of aromatic nitrogens is 2. The number of fused-ring (bicyclic) bond motifs is 3. The van der Waals surface area contributed by atoms with Gasteiger partial charge < -0.3 is 25.0 Å². The smallest absolute Gasteiger partial charge is 0.410 e. The molecular formula is C21H27N5O3. The third kappa shape index (κ3) is 3.79. The molecule has 4 rings (SSSR count). The van der Waals surface area contributed by atoms with E-state index in [-0.39, 0.29) is 23.9 Å². The number of piperazine rings is 1. The third-order valence-corrected chi connectivity index (χ3v) is 5.28. The summed E-state index contributed by atoms with van der Waals surface area (Å²) in [5, 5.41) is 22.2. The maximum Gasteiger partial charge on any atom is 0.410 e. The molecule has 0 unspecified atom stereocenters. The lowest BCUT2D eigenvalue weighted by molar-refractivity contribution is 0.0209. The van der Waals surface area contributed by atoms with Gasteiger partial charge in [-0.15, -0.1) is 10.2 Å². The summed E-state index contributed by atoms with van der Waals surface area (Å²) in [7, 11) is 0. The number of nitrogens with zero attached hydrogens (tertiary/aromatic N) is 4. The van der Waals surface area contributed by atoms with Gasteiger partial charge in [-0.3, -0.25) is 0 Å². The third-order valence-electron chi connectivity index (χ3n) is 5.28. The molecular weight excluding hydrogens is 370 g/mol. The second-order valence-electron chi connectivity index (χ2n) is 8.60. The first kappa shape index (κ1) is 19.3. The highest BCUT2D eigenvalue weighted by Gasteiger charge is 2.39. The largest absolute Gasteiger partial charge is 0.507 e. The van der Waals surface area contributed by atoms with Crippen LogP contribution in [0.3, 0.4) is 0 Å². The number of amides is 1. The molecule has 2 aliphatic heterocycles. The number of nitrogens with one attached hydrogen (secondary N) is 1. The number of benzene rings is 1. The minimum absolute atomic E-state index is 0.0881. The highest BCUT2D eigenvalue weighted by molar-refractivity contribution is 5.77. The molecule has 2 atom stereocenters. The number of carbonyl (C=O) groups is 1. The molecule has 0 spiro atoms. The lowest BCUT2D eigenvalue weighted by Crippen LogP contribution is -2.62. The van der Waals surface area contributed by atoms with Gasteiger partial charge in [0, 0.05) is 31.2 Å². The van der Waals surface area contributed by atoms with Crippen molar-refractivity contribution in [1.29, 1.82) is 0 Å². The van der Waals surface area contributed by atoms with Crippen molar-refractivity contribution in [2.24, 2.45) is 0 Å². The van der Waals surface area contributed by atoms with Gasteiger partial charge in [0.2, 0.25) is 0 Å². The maximum atomic E-state index is 12.5. The van der Waals surface area contributed by atoms with Gasteiger partial charge in [0.05, 0.1) is 17.4 Å². The van der Waals surface area contributed by atoms with E-state index in [4.69, 9.17) is 4.74 Å². The van der Waals surface area contributed by atoms with Crippen LogP contribution in [0.15, 0.2) is 30.3 Å². The Bertz CT molecular complexity index is 927. The zero-order valence-corrected chi connectivity index (χ0v) is 17.2. The number of ether oxygens (including phenoxy) is 1. The zero-order chi connectivity index (χ0) is 20.8.